The number of amides is 1. The van der Waals surface area contributed by atoms with Crippen LogP contribution in [0.15, 0.2) is 24.3 Å². The zero-order valence-electron chi connectivity index (χ0n) is 13.6. The molecule has 3 heteroatoms. The lowest BCUT2D eigenvalue weighted by Crippen LogP contribution is -2.30. The van der Waals surface area contributed by atoms with Crippen LogP contribution in [0.25, 0.3) is 0 Å². The van der Waals surface area contributed by atoms with Gasteiger partial charge in [-0.15, -0.1) is 0 Å². The molecule has 0 bridgehead atoms. The van der Waals surface area contributed by atoms with E-state index in [2.05, 4.69) is 36.6 Å². The van der Waals surface area contributed by atoms with Crippen LogP contribution >= 0.6 is 0 Å². The third kappa shape index (κ3) is 4.48. The normalized spacial score (nSPS) is 25.7. The molecule has 0 saturated heterocycles. The van der Waals surface area contributed by atoms with E-state index in [0.717, 1.165) is 23.2 Å². The van der Waals surface area contributed by atoms with Gasteiger partial charge >= 0.3 is 0 Å². The summed E-state index contributed by atoms with van der Waals surface area (Å²) in [5.41, 5.74) is 2.01. The largest absolute Gasteiger partial charge is 0.382 e. The van der Waals surface area contributed by atoms with Crippen molar-refractivity contribution in [2.24, 2.45) is 17.8 Å². The van der Waals surface area contributed by atoms with Crippen LogP contribution in [0.2, 0.25) is 0 Å². The van der Waals surface area contributed by atoms with Crippen LogP contribution in [-0.4, -0.2) is 11.9 Å². The third-order valence-electron chi connectivity index (χ3n) is 4.65. The summed E-state index contributed by atoms with van der Waals surface area (Å²) in [4.78, 5) is 11.7. The molecule has 0 radical (unpaired) electrons. The molecule has 21 heavy (non-hydrogen) atoms. The van der Waals surface area contributed by atoms with E-state index in [1.165, 1.54) is 19.3 Å². The molecule has 3 unspecified atom stereocenters. The second-order valence-electron chi connectivity index (χ2n) is 6.83. The molecular weight excluding hydrogens is 260 g/mol. The molecule has 0 spiro atoms. The lowest BCUT2D eigenvalue weighted by atomic mass is 9.79. The zero-order chi connectivity index (χ0) is 15.4. The summed E-state index contributed by atoms with van der Waals surface area (Å²) in [5, 5.41) is 6.54. The minimum absolute atomic E-state index is 0.00789. The standard InChI is InChI=1S/C18H28N2O/c1-12(2)18(21)20-16-9-7-15(8-10-16)19-17-6-5-13(3)14(4)11-17/h7-10,12-14,17,19H,5-6,11H2,1-4H3,(H,20,21). The molecule has 1 aromatic carbocycles. The minimum Gasteiger partial charge on any atom is -0.382 e. The summed E-state index contributed by atoms with van der Waals surface area (Å²) >= 11 is 0. The van der Waals surface area contributed by atoms with Crippen molar-refractivity contribution in [1.29, 1.82) is 0 Å². The van der Waals surface area contributed by atoms with Gasteiger partial charge < -0.3 is 10.6 Å². The zero-order valence-corrected chi connectivity index (χ0v) is 13.6. The van der Waals surface area contributed by atoms with Crippen molar-refractivity contribution in [3.8, 4) is 0 Å². The lowest BCUT2D eigenvalue weighted by Gasteiger charge is -2.33. The average Bonchev–Trinajstić information content (AvgIpc) is 2.45. The number of hydrogen-bond donors (Lipinski definition) is 2. The number of nitrogens with one attached hydrogen (secondary N) is 2. The minimum atomic E-state index is 0.00789. The first-order chi connectivity index (χ1) is 9.95. The topological polar surface area (TPSA) is 41.1 Å². The van der Waals surface area contributed by atoms with Gasteiger partial charge in [-0.3, -0.25) is 4.79 Å². The van der Waals surface area contributed by atoms with E-state index in [-0.39, 0.29) is 11.8 Å². The maximum Gasteiger partial charge on any atom is 0.226 e. The van der Waals surface area contributed by atoms with Crippen molar-refractivity contribution in [2.75, 3.05) is 10.6 Å². The second-order valence-corrected chi connectivity index (χ2v) is 6.83. The van der Waals surface area contributed by atoms with Gasteiger partial charge in [0.15, 0.2) is 0 Å². The molecule has 2 N–H and O–H groups in total. The van der Waals surface area contributed by atoms with Crippen LogP contribution in [0, 0.1) is 17.8 Å². The predicted octanol–water partition coefficient (Wildman–Crippen LogP) is 4.52. The van der Waals surface area contributed by atoms with Crippen molar-refractivity contribution in [3.05, 3.63) is 24.3 Å². The first-order valence-electron chi connectivity index (χ1n) is 8.13. The summed E-state index contributed by atoms with van der Waals surface area (Å²) in [6.07, 6.45) is 3.80. The third-order valence-corrected chi connectivity index (χ3v) is 4.65. The van der Waals surface area contributed by atoms with Gasteiger partial charge in [-0.25, -0.2) is 0 Å². The highest BCUT2D eigenvalue weighted by Crippen LogP contribution is 2.31. The lowest BCUT2D eigenvalue weighted by molar-refractivity contribution is -0.118. The van der Waals surface area contributed by atoms with E-state index in [1.54, 1.807) is 0 Å². The van der Waals surface area contributed by atoms with Gasteiger partial charge in [0.1, 0.15) is 0 Å². The smallest absolute Gasteiger partial charge is 0.226 e. The monoisotopic (exact) mass is 288 g/mol. The summed E-state index contributed by atoms with van der Waals surface area (Å²) in [7, 11) is 0. The first-order valence-corrected chi connectivity index (χ1v) is 8.13. The molecule has 1 saturated carbocycles. The molecule has 0 aliphatic heterocycles. The molecule has 0 aromatic heterocycles. The van der Waals surface area contributed by atoms with E-state index < -0.39 is 0 Å². The van der Waals surface area contributed by atoms with Crippen molar-refractivity contribution >= 4 is 17.3 Å². The van der Waals surface area contributed by atoms with Crippen LogP contribution in [-0.2, 0) is 4.79 Å². The van der Waals surface area contributed by atoms with Crippen LogP contribution in [0.4, 0.5) is 11.4 Å². The van der Waals surface area contributed by atoms with Crippen molar-refractivity contribution < 1.29 is 4.79 Å². The van der Waals surface area contributed by atoms with Gasteiger partial charge in [0, 0.05) is 23.3 Å². The SMILES string of the molecule is CC(C)C(=O)Nc1ccc(NC2CCC(C)C(C)C2)cc1. The van der Waals surface area contributed by atoms with Gasteiger partial charge in [0.05, 0.1) is 0 Å². The van der Waals surface area contributed by atoms with Crippen LogP contribution in [0.3, 0.4) is 0 Å². The van der Waals surface area contributed by atoms with E-state index in [1.807, 2.05) is 26.0 Å². The van der Waals surface area contributed by atoms with Crippen molar-refractivity contribution in [2.45, 2.75) is 53.0 Å². The molecule has 1 fully saturated rings. The molecule has 1 aliphatic carbocycles. The molecule has 3 nitrogen and oxygen atoms in total. The highest BCUT2D eigenvalue weighted by Gasteiger charge is 2.24. The Balaban J connectivity index is 1.89. The molecule has 1 aliphatic rings. The fraction of sp³-hybridized carbons (Fsp3) is 0.611. The predicted molar refractivity (Wildman–Crippen MR) is 89.5 cm³/mol. The van der Waals surface area contributed by atoms with E-state index in [4.69, 9.17) is 0 Å². The number of carbonyl (C=O) groups is 1. The molecule has 116 valence electrons. The van der Waals surface area contributed by atoms with Crippen LogP contribution < -0.4 is 10.6 Å². The number of carbonyl (C=O) groups excluding carboxylic acids is 1. The van der Waals surface area contributed by atoms with Crippen molar-refractivity contribution in [1.82, 2.24) is 0 Å². The fourth-order valence-corrected chi connectivity index (χ4v) is 2.85. The van der Waals surface area contributed by atoms with Crippen LogP contribution in [0.1, 0.15) is 47.0 Å². The Morgan fingerprint density at radius 1 is 1.05 bits per heavy atom. The first kappa shape index (κ1) is 15.9. The Hall–Kier alpha value is -1.51. The quantitative estimate of drug-likeness (QED) is 0.855. The highest BCUT2D eigenvalue weighted by atomic mass is 16.1. The Kier molecular flexibility index (Phi) is 5.27. The van der Waals surface area contributed by atoms with E-state index >= 15 is 0 Å². The summed E-state index contributed by atoms with van der Waals surface area (Å²) < 4.78 is 0. The highest BCUT2D eigenvalue weighted by molar-refractivity contribution is 5.92. The van der Waals surface area contributed by atoms with E-state index in [9.17, 15) is 4.79 Å². The number of hydrogen-bond acceptors (Lipinski definition) is 2. The van der Waals surface area contributed by atoms with Crippen molar-refractivity contribution in [3.63, 3.8) is 0 Å². The Morgan fingerprint density at radius 2 is 1.67 bits per heavy atom. The number of anilines is 2. The maximum atomic E-state index is 11.7. The molecular formula is C18H28N2O. The summed E-state index contributed by atoms with van der Waals surface area (Å²) in [5.74, 6) is 1.71. The Bertz CT molecular complexity index is 467. The fourth-order valence-electron chi connectivity index (χ4n) is 2.85. The molecule has 2 rings (SSSR count). The summed E-state index contributed by atoms with van der Waals surface area (Å²) in [6, 6.07) is 8.62. The van der Waals surface area contributed by atoms with Gasteiger partial charge in [-0.1, -0.05) is 27.7 Å². The van der Waals surface area contributed by atoms with Gasteiger partial charge in [0.25, 0.3) is 0 Å². The molecule has 1 amide bonds. The number of rotatable bonds is 4. The van der Waals surface area contributed by atoms with E-state index in [0.29, 0.717) is 6.04 Å². The molecule has 1 aromatic rings. The molecule has 3 atom stereocenters. The maximum absolute atomic E-state index is 11.7. The Morgan fingerprint density at radius 3 is 2.24 bits per heavy atom. The van der Waals surface area contributed by atoms with Gasteiger partial charge in [-0.05, 0) is 55.4 Å². The van der Waals surface area contributed by atoms with Gasteiger partial charge in [0.2, 0.25) is 5.91 Å². The van der Waals surface area contributed by atoms with Gasteiger partial charge in [-0.2, -0.15) is 0 Å². The second kappa shape index (κ2) is 6.97. The average molecular weight is 288 g/mol. The summed E-state index contributed by atoms with van der Waals surface area (Å²) in [6.45, 7) is 8.50. The van der Waals surface area contributed by atoms with Crippen LogP contribution in [0.5, 0.6) is 0 Å². The molecule has 0 heterocycles. The Labute approximate surface area is 128 Å². The number of benzene rings is 1.